The summed E-state index contributed by atoms with van der Waals surface area (Å²) in [5.41, 5.74) is 1.61. The van der Waals surface area contributed by atoms with E-state index in [0.29, 0.717) is 11.1 Å². The molecular weight excluding hydrogens is 372 g/mol. The highest BCUT2D eigenvalue weighted by Gasteiger charge is 2.37. The summed E-state index contributed by atoms with van der Waals surface area (Å²) in [7, 11) is 1.51. The van der Waals surface area contributed by atoms with Gasteiger partial charge >= 0.3 is 0 Å². The Morgan fingerprint density at radius 3 is 2.62 bits per heavy atom. The molecule has 5 nitrogen and oxygen atoms in total. The Morgan fingerprint density at radius 2 is 1.96 bits per heavy atom. The van der Waals surface area contributed by atoms with E-state index in [2.05, 4.69) is 25.9 Å². The van der Waals surface area contributed by atoms with Crippen LogP contribution in [0.1, 0.15) is 27.2 Å². The van der Waals surface area contributed by atoms with Gasteiger partial charge in [-0.2, -0.15) is 0 Å². The molecule has 0 atom stereocenters. The van der Waals surface area contributed by atoms with Crippen molar-refractivity contribution >= 4 is 39.0 Å². The van der Waals surface area contributed by atoms with Crippen LogP contribution in [0.15, 0.2) is 51.6 Å². The number of aliphatic hydroxyl groups excluding tert-OH is 1. The first-order valence-electron chi connectivity index (χ1n) is 7.17. The van der Waals surface area contributed by atoms with Gasteiger partial charge in [0.15, 0.2) is 5.76 Å². The van der Waals surface area contributed by atoms with E-state index in [-0.39, 0.29) is 28.3 Å². The smallest absolute Gasteiger partial charge is 0.239 e. The number of aliphatic imine (C=N–C) groups is 1. The number of aliphatic hydroxyl groups is 1. The summed E-state index contributed by atoms with van der Waals surface area (Å²) >= 11 is 3.36. The zero-order valence-corrected chi connectivity index (χ0v) is 14.6. The highest BCUT2D eigenvalue weighted by Crippen LogP contribution is 2.30. The Hall–Kier alpha value is -2.60. The average molecular weight is 385 g/mol. The average Bonchev–Trinajstić information content (AvgIpc) is 2.56. The Morgan fingerprint density at radius 1 is 1.21 bits per heavy atom. The molecule has 120 valence electrons. The summed E-state index contributed by atoms with van der Waals surface area (Å²) in [6, 6.07) is 8.77. The second-order valence-corrected chi connectivity index (χ2v) is 6.23. The molecule has 1 aromatic carbocycles. The van der Waals surface area contributed by atoms with Gasteiger partial charge in [0.2, 0.25) is 11.6 Å². The predicted molar refractivity (Wildman–Crippen MR) is 94.5 cm³/mol. The standard InChI is InChI=1S/C18H13BrN2O3/c1-9-6-7-21-15-12(9)17(23)18(24)13(16(15)22)14(20-2)10-4-3-5-11(19)8-10/h3-8,22H,1-2H3. The third-order valence-electron chi connectivity index (χ3n) is 3.84. The SMILES string of the molecule is CN=C(C1=C(O)c2nccc(C)c2C(=O)C1=O)c1cccc(Br)c1. The van der Waals surface area contributed by atoms with Crippen molar-refractivity contribution in [3.63, 3.8) is 0 Å². The number of benzene rings is 1. The topological polar surface area (TPSA) is 79.6 Å². The van der Waals surface area contributed by atoms with Crippen LogP contribution in [0.2, 0.25) is 0 Å². The molecule has 6 heteroatoms. The third kappa shape index (κ3) is 2.49. The maximum absolute atomic E-state index is 12.6. The first kappa shape index (κ1) is 16.3. The van der Waals surface area contributed by atoms with E-state index in [1.807, 2.05) is 6.07 Å². The summed E-state index contributed by atoms with van der Waals surface area (Å²) in [4.78, 5) is 33.3. The number of allylic oxidation sites excluding steroid dienone is 1. The molecular formula is C18H13BrN2O3. The van der Waals surface area contributed by atoms with Crippen molar-refractivity contribution in [3.05, 3.63) is 69.0 Å². The lowest BCUT2D eigenvalue weighted by atomic mass is 9.85. The molecule has 0 spiro atoms. The van der Waals surface area contributed by atoms with E-state index >= 15 is 0 Å². The van der Waals surface area contributed by atoms with E-state index in [4.69, 9.17) is 0 Å². The lowest BCUT2D eigenvalue weighted by Gasteiger charge is -2.19. The number of rotatable bonds is 2. The Bertz CT molecular complexity index is 945. The van der Waals surface area contributed by atoms with E-state index in [1.54, 1.807) is 31.2 Å². The minimum atomic E-state index is -0.781. The zero-order chi connectivity index (χ0) is 17.4. The van der Waals surface area contributed by atoms with Crippen LogP contribution in [0, 0.1) is 6.92 Å². The molecule has 1 heterocycles. The fourth-order valence-electron chi connectivity index (χ4n) is 2.72. The highest BCUT2D eigenvalue weighted by molar-refractivity contribution is 9.10. The number of aromatic nitrogens is 1. The molecule has 0 bridgehead atoms. The first-order chi connectivity index (χ1) is 11.5. The van der Waals surface area contributed by atoms with Crippen LogP contribution < -0.4 is 0 Å². The number of carbonyl (C=O) groups excluding carboxylic acids is 2. The van der Waals surface area contributed by atoms with Gasteiger partial charge in [-0.1, -0.05) is 28.1 Å². The van der Waals surface area contributed by atoms with Crippen molar-refractivity contribution in [1.82, 2.24) is 4.98 Å². The Labute approximate surface area is 146 Å². The molecule has 0 amide bonds. The molecule has 2 aromatic rings. The second kappa shape index (κ2) is 6.13. The molecule has 0 unspecified atom stereocenters. The minimum absolute atomic E-state index is 0.116. The van der Waals surface area contributed by atoms with E-state index in [9.17, 15) is 14.7 Å². The van der Waals surface area contributed by atoms with Gasteiger partial charge < -0.3 is 5.11 Å². The normalized spacial score (nSPS) is 14.9. The number of fused-ring (bicyclic) bond motifs is 1. The summed E-state index contributed by atoms with van der Waals surface area (Å²) in [6.07, 6.45) is 1.49. The fourth-order valence-corrected chi connectivity index (χ4v) is 3.12. The van der Waals surface area contributed by atoms with E-state index in [0.717, 1.165) is 4.47 Å². The van der Waals surface area contributed by atoms with Crippen LogP contribution in [-0.2, 0) is 4.79 Å². The molecule has 1 aliphatic carbocycles. The molecule has 0 aliphatic heterocycles. The Balaban J connectivity index is 2.28. The van der Waals surface area contributed by atoms with Gasteiger partial charge in [-0.25, -0.2) is 0 Å². The van der Waals surface area contributed by atoms with Gasteiger partial charge in [0.25, 0.3) is 0 Å². The number of halogens is 1. The maximum atomic E-state index is 12.6. The van der Waals surface area contributed by atoms with Crippen LogP contribution in [0.5, 0.6) is 0 Å². The number of carbonyl (C=O) groups is 2. The van der Waals surface area contributed by atoms with Crippen LogP contribution in [-0.4, -0.2) is 34.4 Å². The minimum Gasteiger partial charge on any atom is -0.505 e. The van der Waals surface area contributed by atoms with E-state index in [1.165, 1.54) is 13.2 Å². The third-order valence-corrected chi connectivity index (χ3v) is 4.33. The van der Waals surface area contributed by atoms with Crippen molar-refractivity contribution in [3.8, 4) is 0 Å². The number of ketones is 2. The van der Waals surface area contributed by atoms with Crippen molar-refractivity contribution in [2.24, 2.45) is 4.99 Å². The first-order valence-corrected chi connectivity index (χ1v) is 7.96. The van der Waals surface area contributed by atoms with Gasteiger partial charge in [-0.05, 0) is 30.7 Å². The van der Waals surface area contributed by atoms with E-state index < -0.39 is 11.6 Å². The fraction of sp³-hybridized carbons (Fsp3) is 0.111. The number of pyridine rings is 1. The summed E-state index contributed by atoms with van der Waals surface area (Å²) in [6.45, 7) is 1.70. The van der Waals surface area contributed by atoms with Crippen molar-refractivity contribution in [2.45, 2.75) is 6.92 Å². The van der Waals surface area contributed by atoms with Gasteiger partial charge in [-0.15, -0.1) is 0 Å². The largest absolute Gasteiger partial charge is 0.505 e. The van der Waals surface area contributed by atoms with Gasteiger partial charge in [0.1, 0.15) is 5.69 Å². The van der Waals surface area contributed by atoms with Gasteiger partial charge in [-0.3, -0.25) is 19.6 Å². The van der Waals surface area contributed by atoms with Crippen molar-refractivity contribution < 1.29 is 14.7 Å². The molecule has 0 saturated carbocycles. The van der Waals surface area contributed by atoms with Crippen LogP contribution in [0.3, 0.4) is 0 Å². The monoisotopic (exact) mass is 384 g/mol. The van der Waals surface area contributed by atoms with Crippen LogP contribution in [0.4, 0.5) is 0 Å². The molecule has 1 N–H and O–H groups in total. The van der Waals surface area contributed by atoms with Crippen molar-refractivity contribution in [2.75, 3.05) is 7.05 Å². The maximum Gasteiger partial charge on any atom is 0.239 e. The summed E-state index contributed by atoms with van der Waals surface area (Å²) in [5, 5.41) is 10.6. The molecule has 3 rings (SSSR count). The number of nitrogens with zero attached hydrogens (tertiary/aromatic N) is 2. The Kier molecular flexibility index (Phi) is 4.15. The second-order valence-electron chi connectivity index (χ2n) is 5.32. The number of hydrogen-bond acceptors (Lipinski definition) is 5. The van der Waals surface area contributed by atoms with Crippen molar-refractivity contribution in [1.29, 1.82) is 0 Å². The number of hydrogen-bond donors (Lipinski definition) is 1. The summed E-state index contributed by atoms with van der Waals surface area (Å²) < 4.78 is 0.796. The quantitative estimate of drug-likeness (QED) is 0.636. The molecule has 0 radical (unpaired) electrons. The van der Waals surface area contributed by atoms with Crippen LogP contribution >= 0.6 is 15.9 Å². The lowest BCUT2D eigenvalue weighted by Crippen LogP contribution is -2.30. The molecule has 24 heavy (non-hydrogen) atoms. The van der Waals surface area contributed by atoms with Gasteiger partial charge in [0, 0.05) is 23.3 Å². The molecule has 1 aromatic heterocycles. The predicted octanol–water partition coefficient (Wildman–Crippen LogP) is 3.31. The number of Topliss-reactive ketones (excluding diaryl/α,β-unsaturated/α-hetero) is 2. The molecule has 0 saturated heterocycles. The molecule has 0 fully saturated rings. The zero-order valence-electron chi connectivity index (χ0n) is 13.0. The highest BCUT2D eigenvalue weighted by atomic mass is 79.9. The van der Waals surface area contributed by atoms with Crippen LogP contribution in [0.25, 0.3) is 5.76 Å². The lowest BCUT2D eigenvalue weighted by molar-refractivity contribution is -0.111. The summed E-state index contributed by atoms with van der Waals surface area (Å²) in [5.74, 6) is -1.78. The van der Waals surface area contributed by atoms with Gasteiger partial charge in [0.05, 0.1) is 16.8 Å². The number of aryl methyl sites for hydroxylation is 1. The molecule has 1 aliphatic rings.